The normalized spacial score (nSPS) is 8.40. The van der Waals surface area contributed by atoms with Crippen LogP contribution in [0, 0.1) is 3.57 Å². The lowest BCUT2D eigenvalue weighted by atomic mass is 10.4. The van der Waals surface area contributed by atoms with Gasteiger partial charge in [0.15, 0.2) is 0 Å². The van der Waals surface area contributed by atoms with Crippen molar-refractivity contribution in [3.8, 4) is 0 Å². The molecule has 1 aromatic carbocycles. The molecule has 0 heterocycles. The van der Waals surface area contributed by atoms with Crippen molar-refractivity contribution < 1.29 is 39.4 Å². The summed E-state index contributed by atoms with van der Waals surface area (Å²) in [6, 6.07) is 9.77. The lowest BCUT2D eigenvalue weighted by molar-refractivity contribution is -0.852. The number of rotatable bonds is 2. The van der Waals surface area contributed by atoms with Gasteiger partial charge in [0.1, 0.15) is 0 Å². The van der Waals surface area contributed by atoms with Crippen LogP contribution in [0.2, 0.25) is 0 Å². The molecular weight excluding hydrogens is 311 g/mol. The molecule has 0 fully saturated rings. The van der Waals surface area contributed by atoms with Crippen molar-refractivity contribution in [2.75, 3.05) is 0 Å². The SMILES string of the molecule is CC(=O)O[I+]c1ccccc1.CC(=O)[O-]. The molecular formula is C10H11IO4. The van der Waals surface area contributed by atoms with Crippen LogP contribution in [0.25, 0.3) is 0 Å². The van der Waals surface area contributed by atoms with Crippen molar-refractivity contribution >= 4 is 11.9 Å². The van der Waals surface area contributed by atoms with Gasteiger partial charge in [-0.3, -0.25) is 0 Å². The fraction of sp³-hybridized carbons (Fsp3) is 0.200. The molecule has 1 rings (SSSR count). The number of carboxylic acid groups (broad SMARTS) is 1. The van der Waals surface area contributed by atoms with Gasteiger partial charge >= 0.3 is 27.6 Å². The minimum Gasteiger partial charge on any atom is -0.550 e. The summed E-state index contributed by atoms with van der Waals surface area (Å²) in [5.74, 6) is -1.28. The zero-order valence-corrected chi connectivity index (χ0v) is 10.6. The maximum Gasteiger partial charge on any atom is 0.583 e. The number of benzene rings is 1. The molecule has 0 unspecified atom stereocenters. The second kappa shape index (κ2) is 8.22. The van der Waals surface area contributed by atoms with Crippen LogP contribution in [0.1, 0.15) is 13.8 Å². The predicted molar refractivity (Wildman–Crippen MR) is 47.6 cm³/mol. The van der Waals surface area contributed by atoms with E-state index in [4.69, 9.17) is 13.0 Å². The molecule has 0 saturated carbocycles. The summed E-state index contributed by atoms with van der Waals surface area (Å²) in [5.41, 5.74) is 0. The Morgan fingerprint density at radius 2 is 1.67 bits per heavy atom. The fourth-order valence-electron chi connectivity index (χ4n) is 0.565. The highest BCUT2D eigenvalue weighted by Crippen LogP contribution is 1.81. The summed E-state index contributed by atoms with van der Waals surface area (Å²) < 4.78 is 6.03. The summed E-state index contributed by atoms with van der Waals surface area (Å²) in [7, 11) is 0. The molecule has 0 bridgehead atoms. The summed E-state index contributed by atoms with van der Waals surface area (Å²) >= 11 is -0.563. The van der Waals surface area contributed by atoms with Crippen molar-refractivity contribution in [3.63, 3.8) is 0 Å². The monoisotopic (exact) mass is 322 g/mol. The molecule has 0 spiro atoms. The van der Waals surface area contributed by atoms with Gasteiger partial charge in [-0.1, -0.05) is 18.2 Å². The van der Waals surface area contributed by atoms with Crippen molar-refractivity contribution in [1.82, 2.24) is 0 Å². The van der Waals surface area contributed by atoms with Crippen molar-refractivity contribution in [1.29, 1.82) is 0 Å². The van der Waals surface area contributed by atoms with E-state index in [1.54, 1.807) is 0 Å². The van der Waals surface area contributed by atoms with Crippen LogP contribution in [0.15, 0.2) is 30.3 Å². The van der Waals surface area contributed by atoms with Gasteiger partial charge in [-0.15, -0.1) is 0 Å². The van der Waals surface area contributed by atoms with E-state index >= 15 is 0 Å². The van der Waals surface area contributed by atoms with E-state index in [1.807, 2.05) is 30.3 Å². The van der Waals surface area contributed by atoms with Crippen molar-refractivity contribution in [3.05, 3.63) is 33.9 Å². The maximum absolute atomic E-state index is 10.4. The van der Waals surface area contributed by atoms with E-state index in [1.165, 1.54) is 6.92 Å². The van der Waals surface area contributed by atoms with Crippen molar-refractivity contribution in [2.45, 2.75) is 13.8 Å². The molecule has 0 aromatic heterocycles. The Morgan fingerprint density at radius 1 is 1.20 bits per heavy atom. The van der Waals surface area contributed by atoms with Crippen LogP contribution in [0.5, 0.6) is 0 Å². The standard InChI is InChI=1S/C8H8IO2.C2H4O2/c1-7(10)11-9-8-5-3-2-4-6-8;1-2(3)4/h2-6H,1H3;1H3,(H,3,4)/q+1;/p-1. The summed E-state index contributed by atoms with van der Waals surface area (Å²) in [4.78, 5) is 19.3. The maximum atomic E-state index is 10.4. The van der Waals surface area contributed by atoms with Crippen molar-refractivity contribution in [2.24, 2.45) is 0 Å². The Morgan fingerprint density at radius 3 is 2.07 bits per heavy atom. The van der Waals surface area contributed by atoms with E-state index < -0.39 is 27.6 Å². The third-order valence-corrected chi connectivity index (χ3v) is 3.04. The molecule has 0 radical (unpaired) electrons. The number of aliphatic carboxylic acids is 1. The molecule has 0 amide bonds. The number of hydrogen-bond donors (Lipinski definition) is 0. The zero-order chi connectivity index (χ0) is 11.7. The minimum atomic E-state index is -1.08. The summed E-state index contributed by atoms with van der Waals surface area (Å²) in [5, 5.41) is 8.89. The van der Waals surface area contributed by atoms with Gasteiger partial charge in [0.2, 0.25) is 3.57 Å². The summed E-state index contributed by atoms with van der Waals surface area (Å²) in [6.07, 6.45) is 0. The molecule has 0 aliphatic rings. The Bertz CT molecular complexity index is 306. The molecule has 0 atom stereocenters. The van der Waals surface area contributed by atoms with E-state index in [9.17, 15) is 4.79 Å². The lowest BCUT2D eigenvalue weighted by Gasteiger charge is -1.80. The zero-order valence-electron chi connectivity index (χ0n) is 8.40. The second-order valence-electron chi connectivity index (χ2n) is 2.43. The molecule has 4 nitrogen and oxygen atoms in total. The highest BCUT2D eigenvalue weighted by atomic mass is 127. The Hall–Kier alpha value is -1.11. The van der Waals surface area contributed by atoms with Gasteiger partial charge in [-0.2, -0.15) is 0 Å². The molecule has 15 heavy (non-hydrogen) atoms. The minimum absolute atomic E-state index is 0.193. The largest absolute Gasteiger partial charge is 0.583 e. The van der Waals surface area contributed by atoms with Crippen LogP contribution in [0.4, 0.5) is 0 Å². The first kappa shape index (κ1) is 13.9. The van der Waals surface area contributed by atoms with E-state index in [2.05, 4.69) is 0 Å². The van der Waals surface area contributed by atoms with E-state index in [0.717, 1.165) is 10.5 Å². The van der Waals surface area contributed by atoms with Crippen LogP contribution < -0.4 is 26.7 Å². The molecule has 0 saturated heterocycles. The number of carbonyl (C=O) groups excluding carboxylic acids is 2. The topological polar surface area (TPSA) is 66.4 Å². The quantitative estimate of drug-likeness (QED) is 0.551. The smallest absolute Gasteiger partial charge is 0.550 e. The molecule has 0 aliphatic heterocycles. The summed E-state index contributed by atoms with van der Waals surface area (Å²) in [6.45, 7) is 2.41. The lowest BCUT2D eigenvalue weighted by Crippen LogP contribution is -3.62. The Kier molecular flexibility index (Phi) is 7.61. The first-order valence-corrected chi connectivity index (χ1v) is 6.03. The Balaban J connectivity index is 0.000000423. The van der Waals surface area contributed by atoms with Gasteiger partial charge in [0.25, 0.3) is 0 Å². The van der Waals surface area contributed by atoms with Gasteiger partial charge in [0, 0.05) is 12.9 Å². The highest BCUT2D eigenvalue weighted by Gasteiger charge is 2.15. The fourth-order valence-corrected chi connectivity index (χ4v) is 1.84. The average molecular weight is 322 g/mol. The van der Waals surface area contributed by atoms with Crippen LogP contribution in [0.3, 0.4) is 0 Å². The number of halogens is 1. The van der Waals surface area contributed by atoms with Crippen LogP contribution in [-0.2, 0) is 12.7 Å². The highest BCUT2D eigenvalue weighted by molar-refractivity contribution is 5.64. The number of carboxylic acids is 1. The van der Waals surface area contributed by atoms with Crippen LogP contribution in [-0.4, -0.2) is 11.9 Å². The van der Waals surface area contributed by atoms with Gasteiger partial charge < -0.3 is 9.90 Å². The van der Waals surface area contributed by atoms with Crippen LogP contribution >= 0.6 is 0 Å². The van der Waals surface area contributed by atoms with Gasteiger partial charge in [-0.05, 0) is 19.1 Å². The molecule has 82 valence electrons. The first-order valence-electron chi connectivity index (χ1n) is 4.07. The first-order chi connectivity index (χ1) is 7.02. The molecule has 5 heteroatoms. The molecule has 0 N–H and O–H groups in total. The van der Waals surface area contributed by atoms with Gasteiger partial charge in [-0.25, -0.2) is 7.86 Å². The third-order valence-electron chi connectivity index (χ3n) is 0.969. The predicted octanol–water partition coefficient (Wildman–Crippen LogP) is -2.82. The second-order valence-corrected chi connectivity index (χ2v) is 4.56. The third kappa shape index (κ3) is 10.8. The Labute approximate surface area is 99.1 Å². The average Bonchev–Trinajstić information content (AvgIpc) is 2.15. The van der Waals surface area contributed by atoms with E-state index in [-0.39, 0.29) is 5.97 Å². The number of hydrogen-bond acceptors (Lipinski definition) is 4. The number of carbonyl (C=O) groups is 2. The molecule has 0 aliphatic carbocycles. The molecule has 1 aromatic rings. The van der Waals surface area contributed by atoms with Gasteiger partial charge in [0.05, 0.1) is 0 Å². The van der Waals surface area contributed by atoms with E-state index in [0.29, 0.717) is 0 Å².